The van der Waals surface area contributed by atoms with E-state index in [-0.39, 0.29) is 0 Å². The molecule has 0 radical (unpaired) electrons. The first-order chi connectivity index (χ1) is 11.9. The van der Waals surface area contributed by atoms with Crippen LogP contribution in [0.15, 0.2) is 48.5 Å². The lowest BCUT2D eigenvalue weighted by Crippen LogP contribution is -2.45. The molecule has 1 N–H and O–H groups in total. The van der Waals surface area contributed by atoms with Crippen molar-refractivity contribution in [2.45, 2.75) is 32.7 Å². The Balaban J connectivity index is 1.75. The summed E-state index contributed by atoms with van der Waals surface area (Å²) in [6, 6.07) is 13.3. The van der Waals surface area contributed by atoms with Gasteiger partial charge in [0.1, 0.15) is 6.04 Å². The number of imide groups is 1. The van der Waals surface area contributed by atoms with Gasteiger partial charge in [-0.25, -0.2) is 0 Å². The van der Waals surface area contributed by atoms with Crippen molar-refractivity contribution in [3.63, 3.8) is 0 Å². The maximum absolute atomic E-state index is 12.5. The number of nitrogens with one attached hydrogen (secondary N) is 1. The Kier molecular flexibility index (Phi) is 4.40. The molecule has 2 aromatic carbocycles. The third kappa shape index (κ3) is 3.05. The van der Waals surface area contributed by atoms with Gasteiger partial charge in [0.05, 0.1) is 11.1 Å². The summed E-state index contributed by atoms with van der Waals surface area (Å²) in [5, 5.41) is 2.77. The van der Waals surface area contributed by atoms with Crippen LogP contribution in [0.1, 0.15) is 53.0 Å². The van der Waals surface area contributed by atoms with Crippen molar-refractivity contribution >= 4 is 23.4 Å². The molecule has 0 saturated heterocycles. The lowest BCUT2D eigenvalue weighted by atomic mass is 10.0. The Morgan fingerprint density at radius 1 is 0.880 bits per heavy atom. The normalized spacial score (nSPS) is 14.6. The molecular formula is C20H20N2O3. The Morgan fingerprint density at radius 3 is 1.88 bits per heavy atom. The molecule has 1 unspecified atom stereocenters. The van der Waals surface area contributed by atoms with E-state index >= 15 is 0 Å². The summed E-state index contributed by atoms with van der Waals surface area (Å²) in [4.78, 5) is 38.4. The zero-order chi connectivity index (χ0) is 18.1. The van der Waals surface area contributed by atoms with E-state index in [1.807, 2.05) is 24.3 Å². The second kappa shape index (κ2) is 6.51. The van der Waals surface area contributed by atoms with Gasteiger partial charge >= 0.3 is 0 Å². The number of hydrogen-bond acceptors (Lipinski definition) is 3. The molecule has 0 aromatic heterocycles. The first-order valence-corrected chi connectivity index (χ1v) is 8.28. The van der Waals surface area contributed by atoms with Gasteiger partial charge in [-0.15, -0.1) is 0 Å². The average Bonchev–Trinajstić information content (AvgIpc) is 2.86. The van der Waals surface area contributed by atoms with Crippen LogP contribution in [0.2, 0.25) is 0 Å². The third-order valence-electron chi connectivity index (χ3n) is 4.44. The van der Waals surface area contributed by atoms with Crippen LogP contribution < -0.4 is 5.32 Å². The topological polar surface area (TPSA) is 66.5 Å². The number of rotatable bonds is 4. The summed E-state index contributed by atoms with van der Waals surface area (Å²) < 4.78 is 0. The van der Waals surface area contributed by atoms with Gasteiger partial charge in [0.25, 0.3) is 11.8 Å². The molecular weight excluding hydrogens is 316 g/mol. The van der Waals surface area contributed by atoms with Gasteiger partial charge < -0.3 is 5.32 Å². The second-order valence-corrected chi connectivity index (χ2v) is 6.47. The van der Waals surface area contributed by atoms with Gasteiger partial charge in [-0.05, 0) is 42.7 Å². The van der Waals surface area contributed by atoms with E-state index in [0.717, 1.165) is 4.90 Å². The van der Waals surface area contributed by atoms with Crippen LogP contribution >= 0.6 is 0 Å². The predicted molar refractivity (Wildman–Crippen MR) is 95.6 cm³/mol. The second-order valence-electron chi connectivity index (χ2n) is 6.47. The van der Waals surface area contributed by atoms with E-state index in [1.54, 1.807) is 31.2 Å². The maximum atomic E-state index is 12.5. The van der Waals surface area contributed by atoms with Crippen molar-refractivity contribution in [1.29, 1.82) is 0 Å². The molecule has 25 heavy (non-hydrogen) atoms. The van der Waals surface area contributed by atoms with Gasteiger partial charge in [0.2, 0.25) is 5.91 Å². The van der Waals surface area contributed by atoms with Gasteiger partial charge in [0, 0.05) is 5.69 Å². The monoisotopic (exact) mass is 336 g/mol. The first-order valence-electron chi connectivity index (χ1n) is 8.28. The zero-order valence-electron chi connectivity index (χ0n) is 14.4. The Morgan fingerprint density at radius 2 is 1.40 bits per heavy atom. The number of benzene rings is 2. The van der Waals surface area contributed by atoms with Crippen molar-refractivity contribution in [3.8, 4) is 0 Å². The molecule has 0 aliphatic carbocycles. The minimum atomic E-state index is -0.892. The summed E-state index contributed by atoms with van der Waals surface area (Å²) in [5.74, 6) is -0.856. The molecule has 1 aliphatic heterocycles. The van der Waals surface area contributed by atoms with Gasteiger partial charge in [0.15, 0.2) is 0 Å². The SMILES string of the molecule is CC(C)c1ccc(NC(=O)C(C)N2C(=O)c3ccccc3C2=O)cc1. The molecule has 128 valence electrons. The van der Waals surface area contributed by atoms with Gasteiger partial charge in [-0.3, -0.25) is 19.3 Å². The number of amides is 3. The van der Waals surface area contributed by atoms with Crippen LogP contribution in [-0.2, 0) is 4.79 Å². The number of anilines is 1. The summed E-state index contributed by atoms with van der Waals surface area (Å²) in [6.07, 6.45) is 0. The molecule has 3 amide bonds. The van der Waals surface area contributed by atoms with Gasteiger partial charge in [-0.2, -0.15) is 0 Å². The van der Waals surface area contributed by atoms with Crippen molar-refractivity contribution in [1.82, 2.24) is 4.90 Å². The molecule has 0 fully saturated rings. The lowest BCUT2D eigenvalue weighted by Gasteiger charge is -2.21. The highest BCUT2D eigenvalue weighted by Crippen LogP contribution is 2.25. The van der Waals surface area contributed by atoms with Crippen molar-refractivity contribution in [2.24, 2.45) is 0 Å². The molecule has 3 rings (SSSR count). The molecule has 0 saturated carbocycles. The predicted octanol–water partition coefficient (Wildman–Crippen LogP) is 3.43. The molecule has 0 spiro atoms. The number of hydrogen-bond donors (Lipinski definition) is 1. The molecule has 5 nitrogen and oxygen atoms in total. The fraction of sp³-hybridized carbons (Fsp3) is 0.250. The Labute approximate surface area is 146 Å². The van der Waals surface area contributed by atoms with E-state index in [2.05, 4.69) is 19.2 Å². The van der Waals surface area contributed by atoms with E-state index in [4.69, 9.17) is 0 Å². The number of fused-ring (bicyclic) bond motifs is 1. The first kappa shape index (κ1) is 16.9. The van der Waals surface area contributed by atoms with Crippen LogP contribution in [0.5, 0.6) is 0 Å². The van der Waals surface area contributed by atoms with E-state index < -0.39 is 23.8 Å². The van der Waals surface area contributed by atoms with Crippen LogP contribution in [0, 0.1) is 0 Å². The van der Waals surface area contributed by atoms with Crippen LogP contribution in [0.4, 0.5) is 5.69 Å². The summed E-state index contributed by atoms with van der Waals surface area (Å²) in [5.41, 5.74) is 2.49. The molecule has 1 aliphatic rings. The summed E-state index contributed by atoms with van der Waals surface area (Å²) >= 11 is 0. The van der Waals surface area contributed by atoms with Crippen molar-refractivity contribution < 1.29 is 14.4 Å². The zero-order valence-corrected chi connectivity index (χ0v) is 14.4. The number of nitrogens with zero attached hydrogens (tertiary/aromatic N) is 1. The third-order valence-corrected chi connectivity index (χ3v) is 4.44. The summed E-state index contributed by atoms with van der Waals surface area (Å²) in [7, 11) is 0. The fourth-order valence-corrected chi connectivity index (χ4v) is 2.87. The Hall–Kier alpha value is -2.95. The number of carbonyl (C=O) groups excluding carboxylic acids is 3. The number of carbonyl (C=O) groups is 3. The largest absolute Gasteiger partial charge is 0.324 e. The summed E-state index contributed by atoms with van der Waals surface area (Å²) in [6.45, 7) is 5.75. The van der Waals surface area contributed by atoms with E-state index in [9.17, 15) is 14.4 Å². The fourth-order valence-electron chi connectivity index (χ4n) is 2.87. The smallest absolute Gasteiger partial charge is 0.262 e. The minimum absolute atomic E-state index is 0.341. The lowest BCUT2D eigenvalue weighted by molar-refractivity contribution is -0.119. The van der Waals surface area contributed by atoms with Crippen LogP contribution in [-0.4, -0.2) is 28.7 Å². The van der Waals surface area contributed by atoms with E-state index in [0.29, 0.717) is 22.7 Å². The van der Waals surface area contributed by atoms with Crippen molar-refractivity contribution in [3.05, 3.63) is 65.2 Å². The maximum Gasteiger partial charge on any atom is 0.262 e. The Bertz CT molecular complexity index is 805. The molecule has 2 aromatic rings. The van der Waals surface area contributed by atoms with Gasteiger partial charge in [-0.1, -0.05) is 38.1 Å². The van der Waals surface area contributed by atoms with E-state index in [1.165, 1.54) is 5.56 Å². The standard InChI is InChI=1S/C20H20N2O3/c1-12(2)14-8-10-15(11-9-14)21-18(23)13(3)22-19(24)16-6-4-5-7-17(16)20(22)25/h4-13H,1-3H3,(H,21,23). The molecule has 5 heteroatoms. The highest BCUT2D eigenvalue weighted by Gasteiger charge is 2.40. The highest BCUT2D eigenvalue weighted by molar-refractivity contribution is 6.23. The molecule has 0 bridgehead atoms. The van der Waals surface area contributed by atoms with Crippen LogP contribution in [0.25, 0.3) is 0 Å². The van der Waals surface area contributed by atoms with Crippen molar-refractivity contribution in [2.75, 3.05) is 5.32 Å². The molecule has 1 heterocycles. The quantitative estimate of drug-likeness (QED) is 0.870. The molecule has 1 atom stereocenters. The highest BCUT2D eigenvalue weighted by atomic mass is 16.2. The minimum Gasteiger partial charge on any atom is -0.324 e. The average molecular weight is 336 g/mol. The van der Waals surface area contributed by atoms with Crippen LogP contribution in [0.3, 0.4) is 0 Å².